The molecule has 1 atom stereocenters. The van der Waals surface area contributed by atoms with E-state index in [0.29, 0.717) is 17.3 Å². The lowest BCUT2D eigenvalue weighted by atomic mass is 10.1. The van der Waals surface area contributed by atoms with Crippen LogP contribution < -0.4 is 0 Å². The maximum Gasteiger partial charge on any atom is 0.243 e. The molecule has 2 heterocycles. The van der Waals surface area contributed by atoms with E-state index >= 15 is 0 Å². The summed E-state index contributed by atoms with van der Waals surface area (Å²) in [6.45, 7) is 2.46. The Balaban J connectivity index is 1.95. The van der Waals surface area contributed by atoms with Gasteiger partial charge in [0.25, 0.3) is 0 Å². The Kier molecular flexibility index (Phi) is 4.25. The molecule has 7 heteroatoms. The molecule has 1 saturated heterocycles. The predicted molar refractivity (Wildman–Crippen MR) is 83.2 cm³/mol. The fraction of sp³-hybridized carbons (Fsp3) is 0.400. The Morgan fingerprint density at radius 2 is 2.23 bits per heavy atom. The molecule has 2 aromatic rings. The summed E-state index contributed by atoms with van der Waals surface area (Å²) in [5.41, 5.74) is 0.835. The number of benzene rings is 1. The first kappa shape index (κ1) is 15.5. The third-order valence-corrected chi connectivity index (χ3v) is 6.01. The van der Waals surface area contributed by atoms with Crippen molar-refractivity contribution in [3.8, 4) is 0 Å². The van der Waals surface area contributed by atoms with Crippen LogP contribution in [0.5, 0.6) is 0 Å². The number of aryl methyl sites for hydroxylation is 1. The molecule has 1 unspecified atom stereocenters. The van der Waals surface area contributed by atoms with Crippen molar-refractivity contribution >= 4 is 21.6 Å². The van der Waals surface area contributed by atoms with Gasteiger partial charge in [-0.15, -0.1) is 0 Å². The van der Waals surface area contributed by atoms with Crippen LogP contribution in [0.15, 0.2) is 39.8 Å². The molecule has 0 amide bonds. The molecule has 0 aliphatic carbocycles. The van der Waals surface area contributed by atoms with Crippen LogP contribution in [-0.4, -0.2) is 24.4 Å². The van der Waals surface area contributed by atoms with Gasteiger partial charge in [-0.2, -0.15) is 4.31 Å². The topological polar surface area (TPSA) is 63.4 Å². The van der Waals surface area contributed by atoms with E-state index in [1.807, 2.05) is 13.0 Å². The maximum absolute atomic E-state index is 12.9. The Bertz CT molecular complexity index is 773. The molecule has 0 bridgehead atoms. The van der Waals surface area contributed by atoms with Crippen LogP contribution in [0, 0.1) is 0 Å². The van der Waals surface area contributed by atoms with Crippen LogP contribution in [0.4, 0.5) is 0 Å². The number of nitrogens with zero attached hydrogens (tertiary/aromatic N) is 2. The largest absolute Gasteiger partial charge is 0.359 e. The molecule has 0 N–H and O–H groups in total. The lowest BCUT2D eigenvalue weighted by molar-refractivity contribution is 0.296. The van der Waals surface area contributed by atoms with Crippen LogP contribution in [-0.2, 0) is 16.4 Å². The molecule has 5 nitrogen and oxygen atoms in total. The summed E-state index contributed by atoms with van der Waals surface area (Å²) in [5.74, 6) is 0.611. The summed E-state index contributed by atoms with van der Waals surface area (Å²) in [6, 6.07) is 7.89. The molecule has 0 spiro atoms. The highest BCUT2D eigenvalue weighted by atomic mass is 35.5. The molecule has 1 aliphatic rings. The Morgan fingerprint density at radius 3 is 2.91 bits per heavy atom. The lowest BCUT2D eigenvalue weighted by Crippen LogP contribution is -2.30. The van der Waals surface area contributed by atoms with Gasteiger partial charge in [0, 0.05) is 17.6 Å². The lowest BCUT2D eigenvalue weighted by Gasteiger charge is -2.22. The van der Waals surface area contributed by atoms with Crippen molar-refractivity contribution in [3.63, 3.8) is 0 Å². The molecule has 0 saturated carbocycles. The SMILES string of the molecule is CCc1cc(C2CCCN2S(=O)(=O)c2cccc(Cl)c2)on1. The predicted octanol–water partition coefficient (Wildman–Crippen LogP) is 3.42. The second-order valence-corrected chi connectivity index (χ2v) is 7.63. The van der Waals surface area contributed by atoms with Gasteiger partial charge in [-0.25, -0.2) is 8.42 Å². The third kappa shape index (κ3) is 2.78. The van der Waals surface area contributed by atoms with E-state index in [9.17, 15) is 8.42 Å². The summed E-state index contributed by atoms with van der Waals surface area (Å²) < 4.78 is 32.5. The number of hydrogen-bond donors (Lipinski definition) is 0. The van der Waals surface area contributed by atoms with Gasteiger partial charge < -0.3 is 4.52 Å². The van der Waals surface area contributed by atoms with E-state index in [2.05, 4.69) is 5.16 Å². The smallest absolute Gasteiger partial charge is 0.243 e. The number of halogens is 1. The first-order valence-electron chi connectivity index (χ1n) is 7.25. The average molecular weight is 341 g/mol. The molecular formula is C15H17ClN2O3S. The van der Waals surface area contributed by atoms with Gasteiger partial charge in [0.1, 0.15) is 0 Å². The second-order valence-electron chi connectivity index (χ2n) is 5.31. The van der Waals surface area contributed by atoms with Crippen LogP contribution in [0.3, 0.4) is 0 Å². The zero-order chi connectivity index (χ0) is 15.7. The monoisotopic (exact) mass is 340 g/mol. The normalized spacial score (nSPS) is 19.6. The zero-order valence-electron chi connectivity index (χ0n) is 12.2. The molecule has 1 aromatic heterocycles. The van der Waals surface area contributed by atoms with Crippen molar-refractivity contribution in [1.29, 1.82) is 0 Å². The summed E-state index contributed by atoms with van der Waals surface area (Å²) in [6.07, 6.45) is 2.29. The Labute approximate surface area is 134 Å². The quantitative estimate of drug-likeness (QED) is 0.855. The van der Waals surface area contributed by atoms with Gasteiger partial charge in [0.15, 0.2) is 5.76 Å². The van der Waals surface area contributed by atoms with Gasteiger partial charge in [-0.3, -0.25) is 0 Å². The van der Waals surface area contributed by atoms with E-state index in [4.69, 9.17) is 16.1 Å². The minimum absolute atomic E-state index is 0.210. The standard InChI is InChI=1S/C15H17ClN2O3S/c1-2-12-10-15(21-17-12)14-7-4-8-18(14)22(19,20)13-6-3-5-11(16)9-13/h3,5-6,9-10,14H,2,4,7-8H2,1H3. The minimum atomic E-state index is -3.59. The van der Waals surface area contributed by atoms with Crippen molar-refractivity contribution in [2.24, 2.45) is 0 Å². The molecule has 3 rings (SSSR count). The van der Waals surface area contributed by atoms with Crippen LogP contribution in [0.2, 0.25) is 5.02 Å². The van der Waals surface area contributed by atoms with Crippen LogP contribution >= 0.6 is 11.6 Å². The Hall–Kier alpha value is -1.37. The van der Waals surface area contributed by atoms with Gasteiger partial charge in [-0.1, -0.05) is 29.7 Å². The maximum atomic E-state index is 12.9. The number of sulfonamides is 1. The van der Waals surface area contributed by atoms with E-state index < -0.39 is 10.0 Å². The van der Waals surface area contributed by atoms with Crippen molar-refractivity contribution < 1.29 is 12.9 Å². The molecule has 0 radical (unpaired) electrons. The molecule has 118 valence electrons. The Morgan fingerprint density at radius 1 is 1.41 bits per heavy atom. The van der Waals surface area contributed by atoms with Crippen molar-refractivity contribution in [3.05, 3.63) is 46.8 Å². The van der Waals surface area contributed by atoms with Crippen molar-refractivity contribution in [2.75, 3.05) is 6.54 Å². The summed E-state index contributed by atoms with van der Waals surface area (Å²) in [7, 11) is -3.59. The summed E-state index contributed by atoms with van der Waals surface area (Å²) in [5, 5.41) is 4.37. The summed E-state index contributed by atoms with van der Waals surface area (Å²) in [4.78, 5) is 0.210. The molecule has 1 fully saturated rings. The highest BCUT2D eigenvalue weighted by Gasteiger charge is 2.38. The van der Waals surface area contributed by atoms with E-state index in [0.717, 1.165) is 25.0 Å². The zero-order valence-corrected chi connectivity index (χ0v) is 13.8. The summed E-state index contributed by atoms with van der Waals surface area (Å²) >= 11 is 5.92. The fourth-order valence-electron chi connectivity index (χ4n) is 2.73. The number of hydrogen-bond acceptors (Lipinski definition) is 4. The number of rotatable bonds is 4. The minimum Gasteiger partial charge on any atom is -0.359 e. The van der Waals surface area contributed by atoms with Crippen molar-refractivity contribution in [2.45, 2.75) is 37.1 Å². The van der Waals surface area contributed by atoms with Crippen LogP contribution in [0.1, 0.15) is 37.3 Å². The van der Waals surface area contributed by atoms with Gasteiger partial charge >= 0.3 is 0 Å². The second kappa shape index (κ2) is 6.02. The highest BCUT2D eigenvalue weighted by molar-refractivity contribution is 7.89. The first-order valence-corrected chi connectivity index (χ1v) is 9.07. The highest BCUT2D eigenvalue weighted by Crippen LogP contribution is 2.37. The average Bonchev–Trinajstić information content (AvgIpc) is 3.16. The number of aromatic nitrogens is 1. The molecule has 1 aliphatic heterocycles. The molecular weight excluding hydrogens is 324 g/mol. The van der Waals surface area contributed by atoms with E-state index in [1.165, 1.54) is 10.4 Å². The first-order chi connectivity index (χ1) is 10.5. The van der Waals surface area contributed by atoms with Gasteiger partial charge in [-0.05, 0) is 37.5 Å². The fourth-order valence-corrected chi connectivity index (χ4v) is 4.69. The van der Waals surface area contributed by atoms with Crippen molar-refractivity contribution in [1.82, 2.24) is 9.46 Å². The molecule has 22 heavy (non-hydrogen) atoms. The van der Waals surface area contributed by atoms with Gasteiger partial charge in [0.2, 0.25) is 10.0 Å². The van der Waals surface area contributed by atoms with Gasteiger partial charge in [0.05, 0.1) is 16.6 Å². The van der Waals surface area contributed by atoms with E-state index in [-0.39, 0.29) is 10.9 Å². The van der Waals surface area contributed by atoms with Crippen LogP contribution in [0.25, 0.3) is 0 Å². The molecule has 1 aromatic carbocycles. The van der Waals surface area contributed by atoms with E-state index in [1.54, 1.807) is 18.2 Å². The third-order valence-electron chi connectivity index (χ3n) is 3.87.